The van der Waals surface area contributed by atoms with E-state index in [1.165, 1.54) is 100 Å². The van der Waals surface area contributed by atoms with Crippen LogP contribution < -0.4 is 4.90 Å². The molecule has 0 saturated carbocycles. The van der Waals surface area contributed by atoms with Crippen LogP contribution in [0, 0.1) is 11.8 Å². The Kier molecular flexibility index (Phi) is 9.06. The quantitative estimate of drug-likeness (QED) is 0.155. The highest BCUT2D eigenvalue weighted by Crippen LogP contribution is 2.53. The van der Waals surface area contributed by atoms with Crippen LogP contribution in [0.1, 0.15) is 92.8 Å². The van der Waals surface area contributed by atoms with E-state index in [1.54, 1.807) is 0 Å². The zero-order valence-corrected chi connectivity index (χ0v) is 36.9. The summed E-state index contributed by atoms with van der Waals surface area (Å²) in [6.07, 6.45) is 3.70. The van der Waals surface area contributed by atoms with Gasteiger partial charge < -0.3 is 4.90 Å². The first-order chi connectivity index (χ1) is 30.1. The molecule has 3 unspecified atom stereocenters. The first-order valence-corrected chi connectivity index (χ1v) is 22.7. The summed E-state index contributed by atoms with van der Waals surface area (Å²) in [7, 11) is 0. The fourth-order valence-corrected chi connectivity index (χ4v) is 11.7. The second-order valence-corrected chi connectivity index (χ2v) is 19.5. The van der Waals surface area contributed by atoms with Crippen molar-refractivity contribution in [3.8, 4) is 33.4 Å². The van der Waals surface area contributed by atoms with Gasteiger partial charge in [0.2, 0.25) is 0 Å². The van der Waals surface area contributed by atoms with Crippen LogP contribution in [0.4, 0.5) is 11.4 Å². The van der Waals surface area contributed by atoms with Crippen LogP contribution in [0.15, 0.2) is 182 Å². The molecule has 0 bridgehead atoms. The van der Waals surface area contributed by atoms with Crippen LogP contribution in [0.3, 0.4) is 0 Å². The van der Waals surface area contributed by atoms with Crippen molar-refractivity contribution in [2.45, 2.75) is 71.3 Å². The number of fused-ring (bicyclic) bond motifs is 7. The van der Waals surface area contributed by atoms with Gasteiger partial charge in [-0.25, -0.2) is 0 Å². The van der Waals surface area contributed by atoms with Gasteiger partial charge in [0.05, 0.1) is 0 Å². The first kappa shape index (κ1) is 38.5. The number of hydrogen-bond donors (Lipinski definition) is 0. The fraction of sp³-hybridized carbons (Fsp3) is 0.213. The van der Waals surface area contributed by atoms with Gasteiger partial charge in [0.25, 0.3) is 0 Å². The summed E-state index contributed by atoms with van der Waals surface area (Å²) >= 11 is 0. The van der Waals surface area contributed by atoms with Crippen molar-refractivity contribution in [3.05, 3.63) is 221 Å². The van der Waals surface area contributed by atoms with Crippen molar-refractivity contribution < 1.29 is 0 Å². The van der Waals surface area contributed by atoms with E-state index in [9.17, 15) is 0 Å². The highest BCUT2D eigenvalue weighted by atomic mass is 15.1. The maximum Gasteiger partial charge on any atom is 0.0481 e. The molecule has 1 nitrogen and oxygen atoms in total. The summed E-state index contributed by atoms with van der Waals surface area (Å²) in [4.78, 5) is 2.53. The number of anilines is 2. The van der Waals surface area contributed by atoms with Gasteiger partial charge in [-0.1, -0.05) is 193 Å². The molecule has 0 fully saturated rings. The summed E-state index contributed by atoms with van der Waals surface area (Å²) in [5, 5.41) is 2.61. The SMILES string of the molecule is CC1C=C(c2ccc3ccccc3c2)C(C)C(c2ccc(CN(c3ccc(-c4cccc5c4C(C)(C)c4ccccc4-5)cc3)c3ccc4c(c3)C(C)(C)c3ccccc3-4)cc2)C1. The Balaban J connectivity index is 0.934. The number of hydrogen-bond acceptors (Lipinski definition) is 1. The lowest BCUT2D eigenvalue weighted by Gasteiger charge is -2.34. The Labute approximate surface area is 368 Å². The highest BCUT2D eigenvalue weighted by Gasteiger charge is 2.38. The number of allylic oxidation sites excluding steroid dienone is 2. The Morgan fingerprint density at radius 3 is 1.84 bits per heavy atom. The Morgan fingerprint density at radius 2 is 1.08 bits per heavy atom. The fourth-order valence-electron chi connectivity index (χ4n) is 11.7. The second kappa shape index (κ2) is 14.6. The molecule has 0 saturated heterocycles. The molecule has 62 heavy (non-hydrogen) atoms. The van der Waals surface area contributed by atoms with E-state index in [4.69, 9.17) is 0 Å². The third-order valence-corrected chi connectivity index (χ3v) is 15.0. The molecule has 0 aliphatic heterocycles. The number of nitrogens with zero attached hydrogens (tertiary/aromatic N) is 1. The largest absolute Gasteiger partial charge is 0.337 e. The lowest BCUT2D eigenvalue weighted by molar-refractivity contribution is 0.442. The van der Waals surface area contributed by atoms with Crippen LogP contribution >= 0.6 is 0 Å². The van der Waals surface area contributed by atoms with Gasteiger partial charge in [-0.15, -0.1) is 0 Å². The van der Waals surface area contributed by atoms with Gasteiger partial charge in [-0.05, 0) is 143 Å². The van der Waals surface area contributed by atoms with E-state index >= 15 is 0 Å². The average Bonchev–Trinajstić information content (AvgIpc) is 3.68. The highest BCUT2D eigenvalue weighted by molar-refractivity contribution is 5.89. The lowest BCUT2D eigenvalue weighted by atomic mass is 9.70. The molecule has 3 atom stereocenters. The summed E-state index contributed by atoms with van der Waals surface area (Å²) < 4.78 is 0. The van der Waals surface area contributed by atoms with Crippen molar-refractivity contribution in [3.63, 3.8) is 0 Å². The van der Waals surface area contributed by atoms with Gasteiger partial charge in [-0.2, -0.15) is 0 Å². The van der Waals surface area contributed by atoms with Gasteiger partial charge >= 0.3 is 0 Å². The maximum absolute atomic E-state index is 2.53. The smallest absolute Gasteiger partial charge is 0.0481 e. The van der Waals surface area contributed by atoms with E-state index in [2.05, 4.69) is 228 Å². The summed E-state index contributed by atoms with van der Waals surface area (Å²) in [6, 6.07) is 66.6. The monoisotopic (exact) mass is 801 g/mol. The Morgan fingerprint density at radius 1 is 0.484 bits per heavy atom. The van der Waals surface area contributed by atoms with Crippen molar-refractivity contribution in [1.29, 1.82) is 0 Å². The van der Waals surface area contributed by atoms with Crippen LogP contribution in [-0.2, 0) is 17.4 Å². The average molecular weight is 802 g/mol. The molecule has 8 aromatic rings. The van der Waals surface area contributed by atoms with Gasteiger partial charge in [0, 0.05) is 28.7 Å². The summed E-state index contributed by atoms with van der Waals surface area (Å²) in [5.74, 6) is 1.41. The van der Waals surface area contributed by atoms with E-state index in [-0.39, 0.29) is 10.8 Å². The van der Waals surface area contributed by atoms with Crippen LogP contribution in [0.2, 0.25) is 0 Å². The topological polar surface area (TPSA) is 3.24 Å². The lowest BCUT2D eigenvalue weighted by Crippen LogP contribution is -2.20. The first-order valence-electron chi connectivity index (χ1n) is 22.7. The minimum atomic E-state index is -0.0782. The molecule has 0 spiro atoms. The molecule has 304 valence electrons. The van der Waals surface area contributed by atoms with Gasteiger partial charge in [-0.3, -0.25) is 0 Å². The van der Waals surface area contributed by atoms with E-state index < -0.39 is 0 Å². The van der Waals surface area contributed by atoms with Crippen molar-refractivity contribution in [1.82, 2.24) is 0 Å². The summed E-state index contributed by atoms with van der Waals surface area (Å²) in [5.41, 5.74) is 21.5. The molecule has 8 aromatic carbocycles. The Bertz CT molecular complexity index is 3050. The minimum absolute atomic E-state index is 0.0735. The summed E-state index contributed by atoms with van der Waals surface area (Å²) in [6.45, 7) is 15.1. The number of benzene rings is 8. The molecule has 0 heterocycles. The third kappa shape index (κ3) is 6.19. The molecule has 1 heteroatoms. The molecule has 0 aromatic heterocycles. The molecule has 3 aliphatic rings. The van der Waals surface area contributed by atoms with E-state index in [1.807, 2.05) is 0 Å². The minimum Gasteiger partial charge on any atom is -0.337 e. The zero-order valence-electron chi connectivity index (χ0n) is 36.9. The van der Waals surface area contributed by atoms with Crippen LogP contribution in [0.25, 0.3) is 49.7 Å². The normalized spacial score (nSPS) is 19.0. The second-order valence-electron chi connectivity index (χ2n) is 19.5. The van der Waals surface area contributed by atoms with E-state index in [0.717, 1.165) is 13.0 Å². The molecule has 0 N–H and O–H groups in total. The van der Waals surface area contributed by atoms with Crippen molar-refractivity contribution in [2.75, 3.05) is 4.90 Å². The van der Waals surface area contributed by atoms with E-state index in [0.29, 0.717) is 17.8 Å². The maximum atomic E-state index is 2.53. The van der Waals surface area contributed by atoms with Gasteiger partial charge in [0.1, 0.15) is 0 Å². The standard InChI is InChI=1S/C61H55N/c1-39-34-54(40(2)55(35-39)46-27-26-42-14-7-8-15-45(42)36-46)44-24-22-41(23-25-44)38-62(48-32-33-52-50-16-9-11-20-56(50)60(3,4)58(52)37-48)47-30-28-43(29-31-47)49-18-13-19-53-51-17-10-12-21-57(51)61(5,6)59(49)53/h7-33,35-37,39-40,54H,34,38H2,1-6H3. The predicted octanol–water partition coefficient (Wildman–Crippen LogP) is 16.3. The predicted molar refractivity (Wildman–Crippen MR) is 263 cm³/mol. The number of rotatable bonds is 7. The molecule has 11 rings (SSSR count). The molecular formula is C61H55N. The molecular weight excluding hydrogens is 747 g/mol. The Hall–Kier alpha value is -6.44. The van der Waals surface area contributed by atoms with Crippen LogP contribution in [-0.4, -0.2) is 0 Å². The van der Waals surface area contributed by atoms with Crippen LogP contribution in [0.5, 0.6) is 0 Å². The third-order valence-electron chi connectivity index (χ3n) is 15.0. The van der Waals surface area contributed by atoms with Crippen molar-refractivity contribution in [2.24, 2.45) is 11.8 Å². The molecule has 0 amide bonds. The van der Waals surface area contributed by atoms with Crippen molar-refractivity contribution >= 4 is 27.7 Å². The van der Waals surface area contributed by atoms with Gasteiger partial charge in [0.15, 0.2) is 0 Å². The molecule has 0 radical (unpaired) electrons. The zero-order chi connectivity index (χ0) is 42.3. The molecule has 3 aliphatic carbocycles.